The SMILES string of the molecule is C#C.CCCCCCCCc1ccc(C#Cc2ccc(OCCC)cc2)nc1. The number of pyridine rings is 1. The third-order valence-corrected chi connectivity index (χ3v) is 4.31. The molecule has 0 bridgehead atoms. The second-order valence-electron chi connectivity index (χ2n) is 6.69. The van der Waals surface area contributed by atoms with Crippen molar-refractivity contribution in [2.75, 3.05) is 6.61 Å². The monoisotopic (exact) mass is 375 g/mol. The fourth-order valence-electron chi connectivity index (χ4n) is 2.75. The van der Waals surface area contributed by atoms with Crippen molar-refractivity contribution in [2.45, 2.75) is 65.2 Å². The van der Waals surface area contributed by atoms with Gasteiger partial charge in [-0.2, -0.15) is 0 Å². The van der Waals surface area contributed by atoms with E-state index in [9.17, 15) is 0 Å². The Morgan fingerprint density at radius 3 is 2.18 bits per heavy atom. The maximum Gasteiger partial charge on any atom is 0.119 e. The molecule has 0 spiro atoms. The van der Waals surface area contributed by atoms with Gasteiger partial charge in [0.1, 0.15) is 11.4 Å². The summed E-state index contributed by atoms with van der Waals surface area (Å²) in [5, 5.41) is 0. The fourth-order valence-corrected chi connectivity index (χ4v) is 2.75. The molecule has 0 aliphatic carbocycles. The maximum absolute atomic E-state index is 5.59. The van der Waals surface area contributed by atoms with Crippen molar-refractivity contribution in [1.29, 1.82) is 0 Å². The number of unbranched alkanes of at least 4 members (excludes halogenated alkanes) is 5. The number of hydrogen-bond donors (Lipinski definition) is 0. The molecule has 2 nitrogen and oxygen atoms in total. The zero-order chi connectivity index (χ0) is 20.5. The molecule has 2 rings (SSSR count). The van der Waals surface area contributed by atoms with E-state index in [0.29, 0.717) is 0 Å². The van der Waals surface area contributed by atoms with E-state index in [0.717, 1.165) is 36.5 Å². The Balaban J connectivity index is 0.00000190. The van der Waals surface area contributed by atoms with Gasteiger partial charge in [-0.25, -0.2) is 4.98 Å². The van der Waals surface area contributed by atoms with Crippen LogP contribution in [0.25, 0.3) is 0 Å². The molecule has 1 aromatic carbocycles. The van der Waals surface area contributed by atoms with Crippen molar-refractivity contribution in [3.05, 3.63) is 59.4 Å². The molecular weight excluding hydrogens is 342 g/mol. The molecule has 0 unspecified atom stereocenters. The first-order chi connectivity index (χ1) is 13.8. The van der Waals surface area contributed by atoms with Crippen LogP contribution in [0.15, 0.2) is 42.6 Å². The summed E-state index contributed by atoms with van der Waals surface area (Å²) in [4.78, 5) is 4.48. The van der Waals surface area contributed by atoms with Gasteiger partial charge >= 0.3 is 0 Å². The Kier molecular flexibility index (Phi) is 12.8. The number of rotatable bonds is 10. The molecule has 2 aromatic rings. The third-order valence-electron chi connectivity index (χ3n) is 4.31. The van der Waals surface area contributed by atoms with Crippen molar-refractivity contribution >= 4 is 0 Å². The summed E-state index contributed by atoms with van der Waals surface area (Å²) in [6, 6.07) is 12.1. The fraction of sp³-hybridized carbons (Fsp3) is 0.423. The van der Waals surface area contributed by atoms with E-state index in [4.69, 9.17) is 4.74 Å². The lowest BCUT2D eigenvalue weighted by atomic mass is 10.1. The lowest BCUT2D eigenvalue weighted by Crippen LogP contribution is -1.94. The lowest BCUT2D eigenvalue weighted by Gasteiger charge is -2.03. The summed E-state index contributed by atoms with van der Waals surface area (Å²) in [6.45, 7) is 5.11. The first-order valence-electron chi connectivity index (χ1n) is 10.3. The van der Waals surface area contributed by atoms with Crippen molar-refractivity contribution < 1.29 is 4.74 Å². The Labute approximate surface area is 171 Å². The van der Waals surface area contributed by atoms with Crippen LogP contribution in [-0.2, 0) is 6.42 Å². The number of hydrogen-bond acceptors (Lipinski definition) is 2. The molecule has 2 heteroatoms. The molecule has 28 heavy (non-hydrogen) atoms. The molecule has 1 aromatic heterocycles. The van der Waals surface area contributed by atoms with E-state index in [1.807, 2.05) is 36.5 Å². The van der Waals surface area contributed by atoms with Crippen LogP contribution in [0.3, 0.4) is 0 Å². The van der Waals surface area contributed by atoms with Crippen LogP contribution in [0.5, 0.6) is 5.75 Å². The van der Waals surface area contributed by atoms with E-state index in [2.05, 4.69) is 49.6 Å². The van der Waals surface area contributed by atoms with Gasteiger partial charge in [-0.05, 0) is 61.1 Å². The lowest BCUT2D eigenvalue weighted by molar-refractivity contribution is 0.317. The van der Waals surface area contributed by atoms with Crippen molar-refractivity contribution in [3.8, 4) is 30.4 Å². The van der Waals surface area contributed by atoms with Gasteiger partial charge in [-0.3, -0.25) is 0 Å². The Morgan fingerprint density at radius 2 is 1.54 bits per heavy atom. The molecule has 0 saturated heterocycles. The third kappa shape index (κ3) is 9.84. The molecule has 0 aliphatic rings. The van der Waals surface area contributed by atoms with Gasteiger partial charge in [-0.1, -0.05) is 57.9 Å². The van der Waals surface area contributed by atoms with Crippen LogP contribution in [0.2, 0.25) is 0 Å². The predicted molar refractivity (Wildman–Crippen MR) is 119 cm³/mol. The molecule has 0 amide bonds. The van der Waals surface area contributed by atoms with E-state index < -0.39 is 0 Å². The van der Waals surface area contributed by atoms with Crippen molar-refractivity contribution in [3.63, 3.8) is 0 Å². The van der Waals surface area contributed by atoms with Crippen LogP contribution in [-0.4, -0.2) is 11.6 Å². The summed E-state index contributed by atoms with van der Waals surface area (Å²) in [6.07, 6.45) is 20.1. The van der Waals surface area contributed by atoms with Crippen LogP contribution < -0.4 is 4.74 Å². The zero-order valence-electron chi connectivity index (χ0n) is 17.4. The summed E-state index contributed by atoms with van der Waals surface area (Å²) < 4.78 is 5.59. The molecule has 1 heterocycles. The number of aromatic nitrogens is 1. The second kappa shape index (κ2) is 15.4. The van der Waals surface area contributed by atoms with Crippen LogP contribution in [0, 0.1) is 24.7 Å². The summed E-state index contributed by atoms with van der Waals surface area (Å²) >= 11 is 0. The number of benzene rings is 1. The zero-order valence-corrected chi connectivity index (χ0v) is 17.4. The highest BCUT2D eigenvalue weighted by Crippen LogP contribution is 2.12. The van der Waals surface area contributed by atoms with Crippen molar-refractivity contribution in [2.24, 2.45) is 0 Å². The van der Waals surface area contributed by atoms with Gasteiger partial charge in [0.05, 0.1) is 6.61 Å². The molecule has 0 atom stereocenters. The number of ether oxygens (including phenoxy) is 1. The summed E-state index contributed by atoms with van der Waals surface area (Å²) in [5.41, 5.74) is 3.11. The Morgan fingerprint density at radius 1 is 0.821 bits per heavy atom. The topological polar surface area (TPSA) is 22.1 Å². The Bertz CT molecular complexity index is 717. The van der Waals surface area contributed by atoms with E-state index in [1.54, 1.807) is 0 Å². The summed E-state index contributed by atoms with van der Waals surface area (Å²) in [5.74, 6) is 7.20. The van der Waals surface area contributed by atoms with E-state index in [1.165, 1.54) is 44.1 Å². The second-order valence-corrected chi connectivity index (χ2v) is 6.69. The summed E-state index contributed by atoms with van der Waals surface area (Å²) in [7, 11) is 0. The molecule has 0 aliphatic heterocycles. The predicted octanol–water partition coefficient (Wildman–Crippen LogP) is 6.42. The van der Waals surface area contributed by atoms with Crippen LogP contribution in [0.4, 0.5) is 0 Å². The molecule has 0 saturated carbocycles. The number of aryl methyl sites for hydroxylation is 1. The van der Waals surface area contributed by atoms with Gasteiger partial charge < -0.3 is 4.74 Å². The number of terminal acetylenes is 1. The largest absolute Gasteiger partial charge is 0.494 e. The van der Waals surface area contributed by atoms with Crippen LogP contribution in [0.1, 0.15) is 75.6 Å². The highest BCUT2D eigenvalue weighted by atomic mass is 16.5. The average molecular weight is 376 g/mol. The average Bonchev–Trinajstić information content (AvgIpc) is 2.76. The molecule has 148 valence electrons. The molecule has 0 N–H and O–H groups in total. The van der Waals surface area contributed by atoms with Crippen LogP contribution >= 0.6 is 0 Å². The van der Waals surface area contributed by atoms with Gasteiger partial charge in [0.25, 0.3) is 0 Å². The first-order valence-corrected chi connectivity index (χ1v) is 10.3. The highest BCUT2D eigenvalue weighted by Gasteiger charge is 1.96. The first kappa shape index (κ1) is 23.3. The van der Waals surface area contributed by atoms with Gasteiger partial charge in [0, 0.05) is 11.8 Å². The molecule has 0 radical (unpaired) electrons. The Hall–Kier alpha value is -2.71. The quantitative estimate of drug-likeness (QED) is 0.353. The minimum atomic E-state index is 0.750. The van der Waals surface area contributed by atoms with E-state index >= 15 is 0 Å². The number of nitrogens with zero attached hydrogens (tertiary/aromatic N) is 1. The highest BCUT2D eigenvalue weighted by molar-refractivity contribution is 5.42. The minimum absolute atomic E-state index is 0.750. The minimum Gasteiger partial charge on any atom is -0.494 e. The smallest absolute Gasteiger partial charge is 0.119 e. The van der Waals surface area contributed by atoms with Gasteiger partial charge in [-0.15, -0.1) is 12.8 Å². The van der Waals surface area contributed by atoms with Gasteiger partial charge in [0.2, 0.25) is 0 Å². The van der Waals surface area contributed by atoms with E-state index in [-0.39, 0.29) is 0 Å². The normalized spacial score (nSPS) is 9.57. The maximum atomic E-state index is 5.59. The molecule has 0 fully saturated rings. The molecular formula is C26H33NO. The standard InChI is InChI=1S/C24H31NO.C2H2/c1-3-5-6-7-8-9-10-22-12-16-23(25-20-22)15-11-21-13-17-24(18-14-21)26-19-4-2;1-2/h12-14,16-18,20H,3-10,19H2,1-2H3;1-2H. The van der Waals surface area contributed by atoms with Gasteiger partial charge in [0.15, 0.2) is 0 Å². The van der Waals surface area contributed by atoms with Crippen molar-refractivity contribution in [1.82, 2.24) is 4.98 Å².